The van der Waals surface area contributed by atoms with Crippen molar-refractivity contribution in [1.29, 1.82) is 0 Å². The lowest BCUT2D eigenvalue weighted by Gasteiger charge is -2.45. The fourth-order valence-electron chi connectivity index (χ4n) is 9.92. The zero-order chi connectivity index (χ0) is 65.1. The first kappa shape index (κ1) is 71.0. The summed E-state index contributed by atoms with van der Waals surface area (Å²) >= 11 is 0. The second-order valence-electron chi connectivity index (χ2n) is 21.9. The number of carboxylic acids is 1. The number of likely N-dealkylation sites (tertiary alicyclic amines) is 2. The lowest BCUT2D eigenvalue weighted by atomic mass is 9.96. The molecule has 10 amide bonds. The number of benzene rings is 1. The summed E-state index contributed by atoms with van der Waals surface area (Å²) in [5, 5.41) is 37.0. The van der Waals surface area contributed by atoms with Gasteiger partial charge in [-0.05, 0) is 76.5 Å². The minimum absolute atomic E-state index is 0.0132. The van der Waals surface area contributed by atoms with Gasteiger partial charge >= 0.3 is 23.9 Å². The number of rotatable bonds is 29. The van der Waals surface area contributed by atoms with E-state index >= 15 is 0 Å². The van der Waals surface area contributed by atoms with Crippen molar-refractivity contribution in [2.24, 2.45) is 17.4 Å². The third-order valence-corrected chi connectivity index (χ3v) is 14.1. The molecule has 87 heavy (non-hydrogen) atoms. The minimum Gasteiger partial charge on any atom is -0.508 e. The number of ether oxygens (including phenoxy) is 5. The number of nitrogens with one attached hydrogen (secondary N) is 7. The van der Waals surface area contributed by atoms with E-state index in [2.05, 4.69) is 37.2 Å². The fraction of sp³-hybridized carbons (Fsp3) is 0.636. The van der Waals surface area contributed by atoms with Crippen LogP contribution in [0.1, 0.15) is 106 Å². The molecule has 32 nitrogen and oxygen atoms in total. The number of hydrogen-bond acceptors (Lipinski definition) is 21. The highest BCUT2D eigenvalue weighted by Gasteiger charge is 2.52. The topological polar surface area (TPSA) is 468 Å². The van der Waals surface area contributed by atoms with Gasteiger partial charge in [0.05, 0.1) is 19.1 Å². The van der Waals surface area contributed by atoms with E-state index in [9.17, 15) is 77.3 Å². The number of esters is 3. The van der Waals surface area contributed by atoms with Crippen LogP contribution < -0.4 is 48.7 Å². The molecule has 4 rings (SSSR count). The molecule has 0 unspecified atom stereocenters. The van der Waals surface area contributed by atoms with E-state index in [0.717, 1.165) is 37.5 Å². The van der Waals surface area contributed by atoms with E-state index in [4.69, 9.17) is 35.2 Å². The van der Waals surface area contributed by atoms with Gasteiger partial charge in [-0.3, -0.25) is 62.3 Å². The Balaban J connectivity index is 1.73. The second kappa shape index (κ2) is 32.8. The Morgan fingerprint density at radius 2 is 1.18 bits per heavy atom. The molecule has 0 bridgehead atoms. The summed E-state index contributed by atoms with van der Waals surface area (Å²) in [6.07, 6.45) is -7.09. The van der Waals surface area contributed by atoms with Crippen LogP contribution in [0.4, 0.5) is 0 Å². The highest BCUT2D eigenvalue weighted by molar-refractivity contribution is 5.99. The third-order valence-electron chi connectivity index (χ3n) is 14.1. The zero-order valence-electron chi connectivity index (χ0n) is 49.9. The number of hydrogen-bond donors (Lipinski definition) is 11. The van der Waals surface area contributed by atoms with Gasteiger partial charge in [-0.15, -0.1) is 0 Å². The predicted octanol–water partition coefficient (Wildman–Crippen LogP) is -4.11. The van der Waals surface area contributed by atoms with Gasteiger partial charge in [0.25, 0.3) is 0 Å². The van der Waals surface area contributed by atoms with Crippen LogP contribution in [0.25, 0.3) is 0 Å². The number of phenolic OH excluding ortho intramolecular Hbond substituents is 1. The summed E-state index contributed by atoms with van der Waals surface area (Å²) in [4.78, 5) is 189. The van der Waals surface area contributed by atoms with Crippen molar-refractivity contribution in [2.75, 3.05) is 26.3 Å². The molecular weight excluding hydrogens is 1150 g/mol. The molecule has 32 heteroatoms. The van der Waals surface area contributed by atoms with Crippen LogP contribution in [0.5, 0.6) is 5.75 Å². The van der Waals surface area contributed by atoms with E-state index in [1.165, 1.54) is 45.0 Å². The standard InChI is InChI=1S/C55H81N11O21/c1-25(2)20-37(54(81)82)63-47(74)27(4)58-50(77)39-12-11-19-66(39)53(80)36(21-33-14-16-34(71)17-15-33)62-48(75)35(22-42(57)72)61-49(76)38(64-51(78)40-13-10-18-65(40)52(79)28(5)59-46(73)26(3)56)23-84-55-43(60-29(6)67)45(86-32(9)70)44(85-31(8)69)41(87-55)24-83-30(7)68/h14-17,25-28,35-41,43-45,55,71H,10-13,18-24,56H2,1-9H3,(H2,57,72)(H,58,77)(H,59,73)(H,60,67)(H,61,76)(H,62,75)(H,63,74)(H,64,78)(H,81,82)/t26-,27-,28-,35-,36-,37-,38-,39-,40-,41+,43+,44+,45+,55+/m0/s1. The van der Waals surface area contributed by atoms with E-state index in [-0.39, 0.29) is 63.3 Å². The molecule has 0 saturated carbocycles. The lowest BCUT2D eigenvalue weighted by molar-refractivity contribution is -0.278. The van der Waals surface area contributed by atoms with Crippen LogP contribution >= 0.6 is 0 Å². The van der Waals surface area contributed by atoms with Crippen LogP contribution in [-0.2, 0) is 97.2 Å². The van der Waals surface area contributed by atoms with Crippen molar-refractivity contribution >= 4 is 82.9 Å². The van der Waals surface area contributed by atoms with Gasteiger partial charge in [-0.1, -0.05) is 26.0 Å². The molecule has 3 saturated heterocycles. The number of phenols is 1. The quantitative estimate of drug-likeness (QED) is 0.0268. The predicted molar refractivity (Wildman–Crippen MR) is 299 cm³/mol. The first-order valence-corrected chi connectivity index (χ1v) is 28.3. The third kappa shape index (κ3) is 21.4. The SMILES string of the molecule is CC(=O)N[C@H]1[C@H](OC[C@H](NC(=O)[C@@H]2CCCN2C(=O)[C@H](C)NC(=O)[C@H](C)N)C(=O)N[C@@H](CC(N)=O)C(=O)N[C@@H](Cc2ccc(O)cc2)C(=O)N2CCC[C@H]2C(=O)N[C@@H](C)C(=O)N[C@@H](CC(C)C)C(=O)O)O[C@H](COC(C)=O)[C@@H](OC(C)=O)[C@@H]1OC(C)=O. The van der Waals surface area contributed by atoms with Gasteiger partial charge in [-0.2, -0.15) is 0 Å². The zero-order valence-corrected chi connectivity index (χ0v) is 49.9. The molecule has 1 aromatic rings. The number of carboxylic acid groups (broad SMARTS) is 1. The monoisotopic (exact) mass is 1230 g/mol. The molecule has 3 aliphatic rings. The van der Waals surface area contributed by atoms with E-state index in [1.54, 1.807) is 13.8 Å². The van der Waals surface area contributed by atoms with Crippen LogP contribution in [0, 0.1) is 5.92 Å². The van der Waals surface area contributed by atoms with Gasteiger partial charge in [0.15, 0.2) is 18.5 Å². The molecule has 3 fully saturated rings. The summed E-state index contributed by atoms with van der Waals surface area (Å²) in [7, 11) is 0. The van der Waals surface area contributed by atoms with Gasteiger partial charge in [-0.25, -0.2) is 4.79 Å². The largest absolute Gasteiger partial charge is 0.508 e. The van der Waals surface area contributed by atoms with E-state index in [0.29, 0.717) is 5.56 Å². The Bertz CT molecular complexity index is 2710. The van der Waals surface area contributed by atoms with Crippen LogP contribution in [-0.4, -0.2) is 214 Å². The van der Waals surface area contributed by atoms with Crippen molar-refractivity contribution in [3.8, 4) is 5.75 Å². The maximum Gasteiger partial charge on any atom is 0.326 e. The van der Waals surface area contributed by atoms with E-state index in [1.807, 2.05) is 0 Å². The number of aromatic hydroxyl groups is 1. The molecule has 3 aliphatic heterocycles. The number of carbonyl (C=O) groups is 14. The Morgan fingerprint density at radius 1 is 0.644 bits per heavy atom. The first-order valence-electron chi connectivity index (χ1n) is 28.3. The van der Waals surface area contributed by atoms with Crippen LogP contribution in [0.15, 0.2) is 24.3 Å². The fourth-order valence-corrected chi connectivity index (χ4v) is 9.92. The molecule has 0 radical (unpaired) electrons. The Kier molecular flexibility index (Phi) is 26.8. The Labute approximate surface area is 501 Å². The van der Waals surface area contributed by atoms with Crippen molar-refractivity contribution in [1.82, 2.24) is 47.0 Å². The smallest absolute Gasteiger partial charge is 0.326 e. The maximum absolute atomic E-state index is 14.8. The number of nitrogens with zero attached hydrogens (tertiary/aromatic N) is 2. The maximum atomic E-state index is 14.8. The number of amides is 10. The summed E-state index contributed by atoms with van der Waals surface area (Å²) in [6.45, 7) is 10.1. The van der Waals surface area contributed by atoms with Crippen molar-refractivity contribution in [2.45, 2.75) is 192 Å². The van der Waals surface area contributed by atoms with Crippen molar-refractivity contribution in [3.63, 3.8) is 0 Å². The Morgan fingerprint density at radius 3 is 1.71 bits per heavy atom. The number of carbonyl (C=O) groups excluding carboxylic acids is 13. The normalized spacial score (nSPS) is 22.3. The minimum atomic E-state index is -1.98. The van der Waals surface area contributed by atoms with Gasteiger partial charge in [0.1, 0.15) is 72.8 Å². The number of nitrogens with two attached hydrogens (primary N) is 2. The number of aliphatic carboxylic acids is 1. The summed E-state index contributed by atoms with van der Waals surface area (Å²) in [5.41, 5.74) is 11.7. The van der Waals surface area contributed by atoms with Crippen LogP contribution in [0.3, 0.4) is 0 Å². The molecule has 13 N–H and O–H groups in total. The lowest BCUT2D eigenvalue weighted by Crippen LogP contribution is -2.67. The second-order valence-corrected chi connectivity index (χ2v) is 21.9. The molecule has 0 aromatic heterocycles. The summed E-state index contributed by atoms with van der Waals surface area (Å²) in [5.74, 6) is -13.5. The van der Waals surface area contributed by atoms with Crippen molar-refractivity contribution < 1.29 is 101 Å². The highest BCUT2D eigenvalue weighted by Crippen LogP contribution is 2.29. The van der Waals surface area contributed by atoms with Gasteiger partial charge < -0.3 is 92.4 Å². The highest BCUT2D eigenvalue weighted by atomic mass is 16.7. The molecule has 14 atom stereocenters. The van der Waals surface area contributed by atoms with Crippen molar-refractivity contribution in [3.05, 3.63) is 29.8 Å². The molecular formula is C55H81N11O21. The summed E-state index contributed by atoms with van der Waals surface area (Å²) < 4.78 is 28.4. The molecule has 0 aliphatic carbocycles. The van der Waals surface area contributed by atoms with Gasteiger partial charge in [0, 0.05) is 47.2 Å². The van der Waals surface area contributed by atoms with Gasteiger partial charge in [0.2, 0.25) is 59.1 Å². The summed E-state index contributed by atoms with van der Waals surface area (Å²) in [6, 6.07) is -8.93. The molecule has 3 heterocycles. The average molecular weight is 1230 g/mol. The first-order chi connectivity index (χ1) is 40.8. The number of primary amides is 1. The van der Waals surface area contributed by atoms with E-state index < -0.39 is 188 Å². The molecule has 0 spiro atoms. The molecule has 482 valence electrons. The molecule has 1 aromatic carbocycles. The van der Waals surface area contributed by atoms with Crippen LogP contribution in [0.2, 0.25) is 0 Å². The average Bonchev–Trinajstić information content (AvgIpc) is 1.22. The Hall–Kier alpha value is -8.52.